The highest BCUT2D eigenvalue weighted by atomic mass is 16.5. The van der Waals surface area contributed by atoms with E-state index in [-0.39, 0.29) is 11.5 Å². The van der Waals surface area contributed by atoms with Crippen molar-refractivity contribution < 1.29 is 9.53 Å². The second-order valence-electron chi connectivity index (χ2n) is 3.80. The van der Waals surface area contributed by atoms with Gasteiger partial charge in [-0.25, -0.2) is 0 Å². The Hall–Kier alpha value is -0.570. The van der Waals surface area contributed by atoms with Crippen LogP contribution in [0.3, 0.4) is 0 Å². The molecule has 0 radical (unpaired) electrons. The zero-order valence-electron chi connectivity index (χ0n) is 8.44. The summed E-state index contributed by atoms with van der Waals surface area (Å²) in [7, 11) is 0. The van der Waals surface area contributed by atoms with Crippen molar-refractivity contribution in [3.8, 4) is 0 Å². The molecule has 0 saturated carbocycles. The second kappa shape index (κ2) is 5.14. The molecule has 0 heterocycles. The first-order valence-electron chi connectivity index (χ1n) is 4.30. The van der Waals surface area contributed by atoms with E-state index < -0.39 is 0 Å². The summed E-state index contributed by atoms with van der Waals surface area (Å²) in [4.78, 5) is 10.5. The fourth-order valence-corrected chi connectivity index (χ4v) is 0.715. The maximum atomic E-state index is 10.5. The third-order valence-electron chi connectivity index (χ3n) is 1.23. The molecular weight excluding hydrogens is 154 g/mol. The molecule has 0 aromatic rings. The molecule has 0 aliphatic heterocycles. The first-order valence-corrected chi connectivity index (χ1v) is 4.30. The van der Waals surface area contributed by atoms with E-state index in [4.69, 9.17) is 4.74 Å². The Morgan fingerprint density at radius 2 is 2.00 bits per heavy atom. The third-order valence-corrected chi connectivity index (χ3v) is 1.23. The first-order chi connectivity index (χ1) is 5.42. The summed E-state index contributed by atoms with van der Waals surface area (Å²) in [6, 6.07) is 0. The zero-order valence-corrected chi connectivity index (χ0v) is 8.44. The number of carbonyl (C=O) groups excluding carboxylic acids is 1. The smallest absolute Gasteiger partial charge is 0.216 e. The molecule has 12 heavy (non-hydrogen) atoms. The molecule has 3 heteroatoms. The van der Waals surface area contributed by atoms with E-state index in [0.717, 1.165) is 6.42 Å². The number of hydrogen-bond donors (Lipinski definition) is 1. The van der Waals surface area contributed by atoms with Crippen LogP contribution in [0.5, 0.6) is 0 Å². The molecule has 0 rings (SSSR count). The van der Waals surface area contributed by atoms with Crippen LogP contribution in [0, 0.1) is 0 Å². The highest BCUT2D eigenvalue weighted by Crippen LogP contribution is 2.06. The van der Waals surface area contributed by atoms with Gasteiger partial charge in [0.1, 0.15) is 0 Å². The Labute approximate surface area is 74.5 Å². The molecule has 0 spiro atoms. The molecule has 0 aromatic heterocycles. The fourth-order valence-electron chi connectivity index (χ4n) is 0.715. The van der Waals surface area contributed by atoms with E-state index in [2.05, 4.69) is 5.32 Å². The number of nitrogens with one attached hydrogen (secondary N) is 1. The van der Waals surface area contributed by atoms with Crippen LogP contribution < -0.4 is 5.32 Å². The van der Waals surface area contributed by atoms with Crippen LogP contribution in [-0.2, 0) is 9.53 Å². The molecule has 1 amide bonds. The van der Waals surface area contributed by atoms with E-state index >= 15 is 0 Å². The molecular formula is C9H19NO2. The highest BCUT2D eigenvalue weighted by Gasteiger charge is 2.08. The molecule has 0 aliphatic carbocycles. The predicted molar refractivity (Wildman–Crippen MR) is 49.0 cm³/mol. The number of amides is 1. The van der Waals surface area contributed by atoms with Crippen LogP contribution in [0.2, 0.25) is 0 Å². The van der Waals surface area contributed by atoms with E-state index in [0.29, 0.717) is 13.2 Å². The van der Waals surface area contributed by atoms with Crippen LogP contribution in [0.15, 0.2) is 0 Å². The molecule has 72 valence electrons. The molecule has 0 bridgehead atoms. The van der Waals surface area contributed by atoms with Gasteiger partial charge in [-0.3, -0.25) is 4.79 Å². The molecule has 0 fully saturated rings. The van der Waals surface area contributed by atoms with E-state index in [1.807, 2.05) is 20.8 Å². The second-order valence-corrected chi connectivity index (χ2v) is 3.80. The van der Waals surface area contributed by atoms with Crippen molar-refractivity contribution in [2.24, 2.45) is 0 Å². The first kappa shape index (κ1) is 11.4. The monoisotopic (exact) mass is 173 g/mol. The quantitative estimate of drug-likeness (QED) is 0.651. The number of carbonyl (C=O) groups is 1. The van der Waals surface area contributed by atoms with Crippen molar-refractivity contribution in [2.45, 2.75) is 39.7 Å². The normalized spacial score (nSPS) is 11.3. The summed E-state index contributed by atoms with van der Waals surface area (Å²) < 4.78 is 5.46. The summed E-state index contributed by atoms with van der Waals surface area (Å²) in [6.07, 6.45) is 0.872. The summed E-state index contributed by atoms with van der Waals surface area (Å²) >= 11 is 0. The molecule has 3 nitrogen and oxygen atoms in total. The molecule has 0 aliphatic rings. The van der Waals surface area contributed by atoms with Crippen molar-refractivity contribution in [1.82, 2.24) is 5.32 Å². The van der Waals surface area contributed by atoms with Gasteiger partial charge in [0.2, 0.25) is 5.91 Å². The molecule has 0 saturated heterocycles. The predicted octanol–water partition coefficient (Wildman–Crippen LogP) is 1.33. The molecule has 0 unspecified atom stereocenters. The van der Waals surface area contributed by atoms with Crippen LogP contribution in [0.4, 0.5) is 0 Å². The Bertz CT molecular complexity index is 138. The maximum absolute atomic E-state index is 10.5. The van der Waals surface area contributed by atoms with Crippen LogP contribution in [-0.4, -0.2) is 24.7 Å². The fraction of sp³-hybridized carbons (Fsp3) is 0.889. The number of ether oxygens (including phenoxy) is 1. The average molecular weight is 173 g/mol. The van der Waals surface area contributed by atoms with Crippen molar-refractivity contribution in [1.29, 1.82) is 0 Å². The summed E-state index contributed by atoms with van der Waals surface area (Å²) in [5, 5.41) is 2.71. The van der Waals surface area contributed by atoms with Crippen molar-refractivity contribution in [2.75, 3.05) is 13.2 Å². The Balaban J connectivity index is 3.17. The lowest BCUT2D eigenvalue weighted by Crippen LogP contribution is -2.25. The van der Waals surface area contributed by atoms with Crippen molar-refractivity contribution in [3.05, 3.63) is 0 Å². The minimum atomic E-state index is -0.0732. The van der Waals surface area contributed by atoms with Gasteiger partial charge < -0.3 is 10.1 Å². The Morgan fingerprint density at radius 3 is 2.42 bits per heavy atom. The van der Waals surface area contributed by atoms with Gasteiger partial charge in [0.05, 0.1) is 5.60 Å². The minimum absolute atomic E-state index is 0.0192. The summed E-state index contributed by atoms with van der Waals surface area (Å²) in [6.45, 7) is 8.97. The van der Waals surface area contributed by atoms with Crippen LogP contribution in [0.25, 0.3) is 0 Å². The van der Waals surface area contributed by atoms with E-state index in [9.17, 15) is 4.79 Å². The van der Waals surface area contributed by atoms with E-state index in [1.165, 1.54) is 6.92 Å². The molecule has 0 atom stereocenters. The van der Waals surface area contributed by atoms with Crippen LogP contribution in [0.1, 0.15) is 34.1 Å². The lowest BCUT2D eigenvalue weighted by Gasteiger charge is -2.19. The van der Waals surface area contributed by atoms with Crippen LogP contribution >= 0.6 is 0 Å². The lowest BCUT2D eigenvalue weighted by molar-refractivity contribution is -0.119. The third kappa shape index (κ3) is 9.43. The SMILES string of the molecule is CC(=O)NCCCOC(C)(C)C. The highest BCUT2D eigenvalue weighted by molar-refractivity contribution is 5.72. The van der Waals surface area contributed by atoms with Gasteiger partial charge in [-0.05, 0) is 27.2 Å². The zero-order chi connectivity index (χ0) is 9.61. The maximum Gasteiger partial charge on any atom is 0.216 e. The number of rotatable bonds is 4. The van der Waals surface area contributed by atoms with Crippen molar-refractivity contribution in [3.63, 3.8) is 0 Å². The van der Waals surface area contributed by atoms with Gasteiger partial charge in [-0.2, -0.15) is 0 Å². The van der Waals surface area contributed by atoms with Gasteiger partial charge >= 0.3 is 0 Å². The largest absolute Gasteiger partial charge is 0.376 e. The van der Waals surface area contributed by atoms with Gasteiger partial charge in [0, 0.05) is 20.1 Å². The van der Waals surface area contributed by atoms with Gasteiger partial charge in [-0.1, -0.05) is 0 Å². The summed E-state index contributed by atoms with van der Waals surface area (Å²) in [5.41, 5.74) is -0.0732. The average Bonchev–Trinajstić information content (AvgIpc) is 1.83. The Kier molecular flexibility index (Phi) is 4.90. The Morgan fingerprint density at radius 1 is 1.42 bits per heavy atom. The van der Waals surface area contributed by atoms with Crippen molar-refractivity contribution >= 4 is 5.91 Å². The lowest BCUT2D eigenvalue weighted by atomic mass is 10.2. The van der Waals surface area contributed by atoms with Gasteiger partial charge in [0.25, 0.3) is 0 Å². The standard InChI is InChI=1S/C9H19NO2/c1-8(11)10-6-5-7-12-9(2,3)4/h5-7H2,1-4H3,(H,10,11). The molecule has 0 aromatic carbocycles. The number of hydrogen-bond acceptors (Lipinski definition) is 2. The summed E-state index contributed by atoms with van der Waals surface area (Å²) in [5.74, 6) is 0.0192. The van der Waals surface area contributed by atoms with E-state index in [1.54, 1.807) is 0 Å². The molecule has 1 N–H and O–H groups in total. The van der Waals surface area contributed by atoms with Gasteiger partial charge in [-0.15, -0.1) is 0 Å². The topological polar surface area (TPSA) is 38.3 Å². The van der Waals surface area contributed by atoms with Gasteiger partial charge in [0.15, 0.2) is 0 Å². The minimum Gasteiger partial charge on any atom is -0.376 e.